The fourth-order valence-corrected chi connectivity index (χ4v) is 26.2. The Labute approximate surface area is 605 Å². The quantitative estimate of drug-likeness (QED) is 0.0660. The molecule has 0 amide bonds. The first kappa shape index (κ1) is 73.3. The van der Waals surface area contributed by atoms with E-state index in [0.29, 0.717) is 11.1 Å². The molecule has 16 rings (SSSR count). The number of allylic oxidation sites excluding steroid dienone is 2. The van der Waals surface area contributed by atoms with Crippen LogP contribution in [0, 0.1) is 68.0 Å². The van der Waals surface area contributed by atoms with Crippen molar-refractivity contribution in [2.24, 2.45) is 68.0 Å². The molecule has 6 spiro atoms. The van der Waals surface area contributed by atoms with Crippen LogP contribution >= 0.6 is 0 Å². The van der Waals surface area contributed by atoms with E-state index < -0.39 is 215 Å². The number of aliphatic hydroxyl groups is 3. The van der Waals surface area contributed by atoms with E-state index in [2.05, 4.69) is 0 Å². The van der Waals surface area contributed by atoms with Crippen LogP contribution in [0.4, 0.5) is 0 Å². The SMILES string of the molecule is COC(=O)CC1C2(C)CC34OC5(C)OC67C(/C(=C(/O)C(C)C)C(=O)OC6C3(O)C2OC(C)=O)C(C)(C(OC(C)=O)c2ccoc2)CCC7(O5)C14C.COC(=O)CC1C2(C)CC34OC5(C)OC67C(/C(=C(/OC(C)=O)C(C)C)C(=O)OC6C3(O)C2OC(C)=O)C(C)(C(OC(C)=O)c2ccoc2)CCC7(O5)C14C. The van der Waals surface area contributed by atoms with Crippen LogP contribution in [0.5, 0.6) is 0 Å². The first-order chi connectivity index (χ1) is 48.8. The van der Waals surface area contributed by atoms with Gasteiger partial charge in [-0.2, -0.15) is 0 Å². The van der Waals surface area contributed by atoms with Gasteiger partial charge in [-0.3, -0.25) is 33.6 Å². The molecule has 6 saturated heterocycles. The summed E-state index contributed by atoms with van der Waals surface area (Å²) in [6.07, 6.45) is -1.54. The smallest absolute Gasteiger partial charge is 0.338 e. The number of carbonyl (C=O) groups is 9. The summed E-state index contributed by atoms with van der Waals surface area (Å²) in [5, 5.41) is 39.5. The van der Waals surface area contributed by atoms with Gasteiger partial charge in [0.15, 0.2) is 34.6 Å². The second-order valence-electron chi connectivity index (χ2n) is 34.3. The minimum Gasteiger partial charge on any atom is -0.511 e. The third kappa shape index (κ3) is 8.04. The van der Waals surface area contributed by atoms with Gasteiger partial charge in [0.25, 0.3) is 11.9 Å². The van der Waals surface area contributed by atoms with E-state index >= 15 is 4.79 Å². The van der Waals surface area contributed by atoms with Crippen molar-refractivity contribution in [1.29, 1.82) is 0 Å². The van der Waals surface area contributed by atoms with Gasteiger partial charge in [-0.25, -0.2) is 9.59 Å². The summed E-state index contributed by atoms with van der Waals surface area (Å²) >= 11 is 0. The average molecular weight is 1470 g/mol. The number of fused-ring (bicyclic) bond motifs is 6. The van der Waals surface area contributed by atoms with Gasteiger partial charge in [0.1, 0.15) is 58.3 Å². The van der Waals surface area contributed by atoms with Crippen molar-refractivity contribution in [3.63, 3.8) is 0 Å². The van der Waals surface area contributed by atoms with Crippen LogP contribution in [0.25, 0.3) is 0 Å². The Kier molecular flexibility index (Phi) is 15.4. The molecule has 2 aromatic heterocycles. The van der Waals surface area contributed by atoms with Crippen LogP contribution in [-0.4, -0.2) is 164 Å². The highest BCUT2D eigenvalue weighted by molar-refractivity contribution is 5.94. The lowest BCUT2D eigenvalue weighted by atomic mass is 9.33. The number of rotatable bonds is 15. The zero-order chi connectivity index (χ0) is 76.5. The number of hydrogen-bond donors (Lipinski definition) is 3. The number of esters is 9. The Bertz CT molecular complexity index is 4210. The molecule has 8 saturated carbocycles. The van der Waals surface area contributed by atoms with E-state index in [1.54, 1.807) is 53.7 Å². The molecule has 26 unspecified atom stereocenters. The lowest BCUT2D eigenvalue weighted by Crippen LogP contribution is -2.94. The highest BCUT2D eigenvalue weighted by Gasteiger charge is 3.07. The number of ether oxygens (including phenoxy) is 15. The third-order valence-corrected chi connectivity index (χ3v) is 28.6. The van der Waals surface area contributed by atoms with Crippen molar-refractivity contribution in [2.45, 2.75) is 262 Å². The molecule has 8 aliphatic carbocycles. The van der Waals surface area contributed by atoms with E-state index in [1.807, 2.05) is 41.5 Å². The zero-order valence-corrected chi connectivity index (χ0v) is 62.5. The molecule has 105 heavy (non-hydrogen) atoms. The van der Waals surface area contributed by atoms with Crippen molar-refractivity contribution in [3.8, 4) is 0 Å². The van der Waals surface area contributed by atoms with Gasteiger partial charge >= 0.3 is 53.7 Å². The Morgan fingerprint density at radius 1 is 0.514 bits per heavy atom. The second-order valence-corrected chi connectivity index (χ2v) is 34.3. The summed E-state index contributed by atoms with van der Waals surface area (Å²) in [6, 6.07) is 3.32. The number of aliphatic hydroxyl groups excluding tert-OH is 1. The van der Waals surface area contributed by atoms with Crippen molar-refractivity contribution < 1.29 is 138 Å². The minimum absolute atomic E-state index is 0.0000157. The van der Waals surface area contributed by atoms with Gasteiger partial charge in [0, 0.05) is 129 Å². The highest BCUT2D eigenvalue weighted by atomic mass is 16.9. The molecule has 8 bridgehead atoms. The number of methoxy groups -OCH3 is 2. The van der Waals surface area contributed by atoms with Gasteiger partial charge in [-0.15, -0.1) is 0 Å². The predicted molar refractivity (Wildman–Crippen MR) is 349 cm³/mol. The van der Waals surface area contributed by atoms with Gasteiger partial charge in [-0.1, -0.05) is 69.2 Å². The first-order valence-corrected chi connectivity index (χ1v) is 36.1. The fourth-order valence-electron chi connectivity index (χ4n) is 26.2. The van der Waals surface area contributed by atoms with E-state index in [0.717, 1.165) is 0 Å². The van der Waals surface area contributed by atoms with Crippen LogP contribution in [0.15, 0.2) is 68.7 Å². The van der Waals surface area contributed by atoms with E-state index in [4.69, 9.17) is 79.9 Å². The van der Waals surface area contributed by atoms with E-state index in [-0.39, 0.29) is 74.0 Å². The molecular formula is C76H94O29. The molecule has 0 aromatic carbocycles. The van der Waals surface area contributed by atoms with Crippen LogP contribution in [0.1, 0.15) is 192 Å². The average Bonchev–Trinajstić information content (AvgIpc) is 1.42. The van der Waals surface area contributed by atoms with Crippen molar-refractivity contribution in [1.82, 2.24) is 0 Å². The number of furan rings is 2. The third-order valence-electron chi connectivity index (χ3n) is 28.6. The molecular weight excluding hydrogens is 1380 g/mol. The Morgan fingerprint density at radius 3 is 1.23 bits per heavy atom. The maximum absolute atomic E-state index is 15.0. The second kappa shape index (κ2) is 22.0. The summed E-state index contributed by atoms with van der Waals surface area (Å²) in [4.78, 5) is 121. The van der Waals surface area contributed by atoms with Crippen LogP contribution < -0.4 is 0 Å². The molecule has 3 N–H and O–H groups in total. The molecule has 29 heteroatoms. The number of hydrogen-bond acceptors (Lipinski definition) is 29. The largest absolute Gasteiger partial charge is 0.511 e. The highest BCUT2D eigenvalue weighted by Crippen LogP contribution is 2.93. The van der Waals surface area contributed by atoms with Gasteiger partial charge in [0.2, 0.25) is 0 Å². The summed E-state index contributed by atoms with van der Waals surface area (Å²) < 4.78 is 107. The van der Waals surface area contributed by atoms with Gasteiger partial charge < -0.3 is 95.2 Å². The Balaban J connectivity index is 0.000000169. The molecule has 2 aromatic rings. The molecule has 0 radical (unpaired) electrons. The fraction of sp³-hybridized carbons (Fsp3) is 0.724. The van der Waals surface area contributed by atoms with Crippen LogP contribution in [0.3, 0.4) is 0 Å². The summed E-state index contributed by atoms with van der Waals surface area (Å²) in [5.74, 6) is -15.1. The van der Waals surface area contributed by atoms with Crippen molar-refractivity contribution >= 4 is 53.7 Å². The predicted octanol–water partition coefficient (Wildman–Crippen LogP) is 7.90. The summed E-state index contributed by atoms with van der Waals surface area (Å²) in [7, 11) is 2.58. The molecule has 26 atom stereocenters. The maximum atomic E-state index is 15.0. The minimum atomic E-state index is -2.29. The molecule has 6 aliphatic heterocycles. The van der Waals surface area contributed by atoms with Crippen molar-refractivity contribution in [3.05, 3.63) is 71.0 Å². The molecule has 14 fully saturated rings. The number of carbonyl (C=O) groups excluding carboxylic acids is 9. The maximum Gasteiger partial charge on any atom is 0.338 e. The lowest BCUT2D eigenvalue weighted by molar-refractivity contribution is -0.478. The summed E-state index contributed by atoms with van der Waals surface area (Å²) in [5.41, 5.74) is -21.2. The normalized spacial score (nSPS) is 48.5. The zero-order valence-electron chi connectivity index (χ0n) is 62.5. The van der Waals surface area contributed by atoms with E-state index in [9.17, 15) is 53.7 Å². The lowest BCUT2D eigenvalue weighted by Gasteiger charge is -2.77. The van der Waals surface area contributed by atoms with Crippen molar-refractivity contribution in [2.75, 3.05) is 14.2 Å². The first-order valence-electron chi connectivity index (χ1n) is 36.1. The van der Waals surface area contributed by atoms with Crippen LogP contribution in [-0.2, 0) is 114 Å². The molecule has 8 heterocycles. The van der Waals surface area contributed by atoms with E-state index in [1.165, 1.54) is 73.9 Å². The molecule has 14 aliphatic rings. The topological polar surface area (TPSA) is 379 Å². The standard InChI is InChI=1S/C39H48O15.C37H46O14/c1-18(2)26(48-19(3)40)25-27-32(6,28(49-20(4)41)22-11-14-47-16-22)12-13-36-34(8)23(15-24(43)46-10)33(7)17-37(34)38(45,30(33)50-21(5)42)31(51-29(25)44)39(27,36)54-35(9,52-36)53-37;1-17(2)24(41)23-25-30(5,26(46-18(3)38)20-10-13-45-15-20)11-12-34-32(7)21(14-22(40)44-9)31(6)16-35(32)36(43,28(31)47-19(4)39)29(48-27(23)42)37(25,34)51-33(8,49-34)50-35/h11,14,16,18,23,27-28,30-31,45H,12-13,15,17H2,1-10H3;10,13,15,17,21,25-26,28-29,41,43H,11-12,14,16H2,1-9H3/b26-25-;24-23-. The van der Waals surface area contributed by atoms with Gasteiger partial charge in [0.05, 0.1) is 50.4 Å². The monoisotopic (exact) mass is 1470 g/mol. The Hall–Kier alpha value is -7.25. The molecule has 29 nitrogen and oxygen atoms in total. The van der Waals surface area contributed by atoms with Crippen LogP contribution in [0.2, 0.25) is 0 Å². The summed E-state index contributed by atoms with van der Waals surface area (Å²) in [6.45, 7) is 27.6. The molecule has 572 valence electrons. The van der Waals surface area contributed by atoms with Gasteiger partial charge in [-0.05, 0) is 62.5 Å². The Morgan fingerprint density at radius 2 is 0.895 bits per heavy atom.